The molecule has 0 atom stereocenters. The largest absolute Gasteiger partial charge is 0.355 e. The molecular weight excluding hydrogens is 362 g/mol. The Balaban J connectivity index is 1.67. The zero-order valence-electron chi connectivity index (χ0n) is 16.7. The molecule has 5 nitrogen and oxygen atoms in total. The minimum absolute atomic E-state index is 0.0625. The first kappa shape index (κ1) is 20.6. The number of nitrogens with one attached hydrogen (secondary N) is 2. The summed E-state index contributed by atoms with van der Waals surface area (Å²) in [5, 5.41) is 6.75. The van der Waals surface area contributed by atoms with Gasteiger partial charge in [-0.05, 0) is 37.3 Å². The van der Waals surface area contributed by atoms with E-state index in [4.69, 9.17) is 0 Å². The maximum atomic E-state index is 14.3. The summed E-state index contributed by atoms with van der Waals surface area (Å²) in [7, 11) is 3.41. The molecule has 2 saturated carbocycles. The van der Waals surface area contributed by atoms with E-state index in [0.29, 0.717) is 24.1 Å². The van der Waals surface area contributed by atoms with Gasteiger partial charge in [0.25, 0.3) is 0 Å². The molecule has 0 spiro atoms. The van der Waals surface area contributed by atoms with Gasteiger partial charge in [0.05, 0.1) is 0 Å². The second-order valence-corrected chi connectivity index (χ2v) is 8.19. The number of likely N-dealkylation sites (N-methyl/N-ethyl adjacent to an activating group) is 1. The van der Waals surface area contributed by atoms with Crippen LogP contribution in [0.3, 0.4) is 0 Å². The highest BCUT2D eigenvalue weighted by Gasteiger charge is 2.46. The Labute approximate surface area is 165 Å². The molecule has 1 aromatic rings. The number of carbonyl (C=O) groups is 1. The van der Waals surface area contributed by atoms with Crippen LogP contribution in [0.4, 0.5) is 8.78 Å². The summed E-state index contributed by atoms with van der Waals surface area (Å²) >= 11 is 0. The molecule has 28 heavy (non-hydrogen) atoms. The quantitative estimate of drug-likeness (QED) is 0.578. The predicted molar refractivity (Wildman–Crippen MR) is 106 cm³/mol. The molecule has 2 fully saturated rings. The number of halogens is 2. The third-order valence-electron chi connectivity index (χ3n) is 5.77. The predicted octanol–water partition coefficient (Wildman–Crippen LogP) is 2.95. The van der Waals surface area contributed by atoms with Gasteiger partial charge in [-0.2, -0.15) is 0 Å². The SMILES string of the molecule is CN(C)C(=O)CN=C(NCC1(c2ccc(F)cc2F)CC1)NC1CCCCC1. The second-order valence-electron chi connectivity index (χ2n) is 8.19. The number of benzene rings is 1. The van der Waals surface area contributed by atoms with E-state index in [2.05, 4.69) is 15.6 Å². The minimum atomic E-state index is -0.562. The van der Waals surface area contributed by atoms with Crippen LogP contribution in [0.2, 0.25) is 0 Å². The molecule has 0 radical (unpaired) electrons. The number of rotatable bonds is 6. The van der Waals surface area contributed by atoms with Gasteiger partial charge in [-0.1, -0.05) is 25.3 Å². The zero-order chi connectivity index (χ0) is 20.1. The van der Waals surface area contributed by atoms with Gasteiger partial charge in [0, 0.05) is 38.2 Å². The molecule has 154 valence electrons. The summed E-state index contributed by atoms with van der Waals surface area (Å²) in [6.45, 7) is 0.567. The first-order valence-corrected chi connectivity index (χ1v) is 10.1. The lowest BCUT2D eigenvalue weighted by molar-refractivity contribution is -0.127. The highest BCUT2D eigenvalue weighted by Crippen LogP contribution is 2.48. The monoisotopic (exact) mass is 392 g/mol. The maximum Gasteiger partial charge on any atom is 0.243 e. The Morgan fingerprint density at radius 3 is 2.54 bits per heavy atom. The molecule has 2 N–H and O–H groups in total. The Morgan fingerprint density at radius 1 is 1.21 bits per heavy atom. The third-order valence-corrected chi connectivity index (χ3v) is 5.77. The third kappa shape index (κ3) is 5.20. The van der Waals surface area contributed by atoms with Crippen LogP contribution in [0.25, 0.3) is 0 Å². The first-order chi connectivity index (χ1) is 13.4. The van der Waals surface area contributed by atoms with Crippen molar-refractivity contribution in [3.63, 3.8) is 0 Å². The van der Waals surface area contributed by atoms with E-state index in [0.717, 1.165) is 31.7 Å². The normalized spacial score (nSPS) is 19.2. The van der Waals surface area contributed by atoms with E-state index >= 15 is 0 Å². The number of hydrogen-bond acceptors (Lipinski definition) is 2. The van der Waals surface area contributed by atoms with Crippen molar-refractivity contribution >= 4 is 11.9 Å². The molecule has 7 heteroatoms. The molecule has 3 rings (SSSR count). The lowest BCUT2D eigenvalue weighted by Crippen LogP contribution is -2.47. The average molecular weight is 392 g/mol. The van der Waals surface area contributed by atoms with Crippen LogP contribution < -0.4 is 10.6 Å². The lowest BCUT2D eigenvalue weighted by atomic mass is 9.95. The lowest BCUT2D eigenvalue weighted by Gasteiger charge is -2.26. The van der Waals surface area contributed by atoms with Crippen LogP contribution in [0.15, 0.2) is 23.2 Å². The molecule has 0 unspecified atom stereocenters. The molecule has 0 saturated heterocycles. The molecule has 0 aromatic heterocycles. The summed E-state index contributed by atoms with van der Waals surface area (Å²) in [6, 6.07) is 4.14. The van der Waals surface area contributed by atoms with Gasteiger partial charge in [-0.25, -0.2) is 13.8 Å². The minimum Gasteiger partial charge on any atom is -0.355 e. The Hall–Kier alpha value is -2.18. The van der Waals surface area contributed by atoms with E-state index in [-0.39, 0.29) is 17.9 Å². The molecule has 1 amide bonds. The van der Waals surface area contributed by atoms with E-state index in [1.807, 2.05) is 0 Å². The van der Waals surface area contributed by atoms with Gasteiger partial charge in [0.15, 0.2) is 5.96 Å². The Bertz CT molecular complexity index is 725. The molecule has 1 aromatic carbocycles. The fourth-order valence-corrected chi connectivity index (χ4v) is 3.75. The summed E-state index contributed by atoms with van der Waals surface area (Å²) in [6.07, 6.45) is 7.48. The van der Waals surface area contributed by atoms with Crippen LogP contribution >= 0.6 is 0 Å². The number of carbonyl (C=O) groups excluding carboxylic acids is 1. The summed E-state index contributed by atoms with van der Waals surface area (Å²) < 4.78 is 27.5. The number of aliphatic imine (C=N–C) groups is 1. The van der Waals surface area contributed by atoms with Crippen molar-refractivity contribution in [2.24, 2.45) is 4.99 Å². The van der Waals surface area contributed by atoms with Crippen molar-refractivity contribution in [3.05, 3.63) is 35.4 Å². The number of hydrogen-bond donors (Lipinski definition) is 2. The summed E-state index contributed by atoms with van der Waals surface area (Å²) in [5.41, 5.74) is 0.209. The second kappa shape index (κ2) is 8.88. The molecule has 0 bridgehead atoms. The summed E-state index contributed by atoms with van der Waals surface area (Å²) in [4.78, 5) is 17.9. The number of guanidine groups is 1. The van der Waals surface area contributed by atoms with Gasteiger partial charge < -0.3 is 15.5 Å². The van der Waals surface area contributed by atoms with Gasteiger partial charge in [0.1, 0.15) is 18.2 Å². The number of nitrogens with zero attached hydrogens (tertiary/aromatic N) is 2. The van der Waals surface area contributed by atoms with Crippen molar-refractivity contribution in [1.29, 1.82) is 0 Å². The van der Waals surface area contributed by atoms with Crippen LogP contribution in [0, 0.1) is 11.6 Å². The highest BCUT2D eigenvalue weighted by atomic mass is 19.1. The van der Waals surface area contributed by atoms with E-state index in [1.54, 1.807) is 20.2 Å². The van der Waals surface area contributed by atoms with Gasteiger partial charge >= 0.3 is 0 Å². The molecular formula is C21H30F2N4O. The van der Waals surface area contributed by atoms with Crippen LogP contribution in [-0.4, -0.2) is 50.0 Å². The van der Waals surface area contributed by atoms with Crippen LogP contribution in [0.5, 0.6) is 0 Å². The van der Waals surface area contributed by atoms with Crippen molar-refractivity contribution in [2.75, 3.05) is 27.2 Å². The fraction of sp³-hybridized carbons (Fsp3) is 0.619. The van der Waals surface area contributed by atoms with E-state index in [9.17, 15) is 13.6 Å². The summed E-state index contributed by atoms with van der Waals surface area (Å²) in [5.74, 6) is -0.541. The molecule has 0 heterocycles. The van der Waals surface area contributed by atoms with Crippen molar-refractivity contribution < 1.29 is 13.6 Å². The maximum absolute atomic E-state index is 14.3. The van der Waals surface area contributed by atoms with Gasteiger partial charge in [-0.3, -0.25) is 4.79 Å². The molecule has 2 aliphatic rings. The zero-order valence-corrected chi connectivity index (χ0v) is 16.7. The van der Waals surface area contributed by atoms with Crippen molar-refractivity contribution in [2.45, 2.75) is 56.4 Å². The number of amides is 1. The van der Waals surface area contributed by atoms with E-state index in [1.165, 1.54) is 30.2 Å². The Morgan fingerprint density at radius 2 is 1.93 bits per heavy atom. The molecule has 0 aliphatic heterocycles. The standard InChI is InChI=1S/C21H30F2N4O/c1-27(2)19(28)13-24-20(26-16-6-4-3-5-7-16)25-14-21(10-11-21)17-9-8-15(22)12-18(17)23/h8-9,12,16H,3-7,10-11,13-14H2,1-2H3,(H2,24,25,26). The van der Waals surface area contributed by atoms with Gasteiger partial charge in [0.2, 0.25) is 5.91 Å². The van der Waals surface area contributed by atoms with E-state index < -0.39 is 11.6 Å². The van der Waals surface area contributed by atoms with Gasteiger partial charge in [-0.15, -0.1) is 0 Å². The Kier molecular flexibility index (Phi) is 6.52. The molecule has 2 aliphatic carbocycles. The van der Waals surface area contributed by atoms with Crippen molar-refractivity contribution in [1.82, 2.24) is 15.5 Å². The first-order valence-electron chi connectivity index (χ1n) is 10.1. The average Bonchev–Trinajstić information content (AvgIpc) is 3.45. The highest BCUT2D eigenvalue weighted by molar-refractivity contribution is 5.85. The van der Waals surface area contributed by atoms with Crippen molar-refractivity contribution in [3.8, 4) is 0 Å². The topological polar surface area (TPSA) is 56.7 Å². The fourth-order valence-electron chi connectivity index (χ4n) is 3.75. The smallest absolute Gasteiger partial charge is 0.243 e. The van der Waals surface area contributed by atoms with Crippen LogP contribution in [-0.2, 0) is 10.2 Å². The van der Waals surface area contributed by atoms with Crippen LogP contribution in [0.1, 0.15) is 50.5 Å².